The Bertz CT molecular complexity index is 282. The summed E-state index contributed by atoms with van der Waals surface area (Å²) in [6.45, 7) is 3.17. The molecule has 1 aromatic carbocycles. The van der Waals surface area contributed by atoms with E-state index in [0.717, 1.165) is 5.56 Å². The molecule has 0 saturated heterocycles. The number of ether oxygens (including phenoxy) is 1. The molecule has 2 N–H and O–H groups in total. The lowest BCUT2D eigenvalue weighted by atomic mass is 10.2. The Morgan fingerprint density at radius 1 is 1.38 bits per heavy atom. The number of benzene rings is 1. The van der Waals surface area contributed by atoms with Crippen molar-refractivity contribution in [2.24, 2.45) is 0 Å². The van der Waals surface area contributed by atoms with Gasteiger partial charge < -0.3 is 14.9 Å². The number of aliphatic hydroxyl groups is 2. The standard InChI is InChI=1S/C9H10O2.C3H8O2/c1-8(10)11-7-9-5-3-2-4-6-9;1-3(5)2-4/h2-6H,7H2,1H3;3-5H,2H2,1H3. The van der Waals surface area contributed by atoms with Crippen LogP contribution in [-0.4, -0.2) is 28.9 Å². The van der Waals surface area contributed by atoms with E-state index in [0.29, 0.717) is 6.61 Å². The van der Waals surface area contributed by atoms with Gasteiger partial charge in [0.1, 0.15) is 6.61 Å². The first-order chi connectivity index (χ1) is 7.56. The first kappa shape index (κ1) is 14.6. The topological polar surface area (TPSA) is 66.8 Å². The summed E-state index contributed by atoms with van der Waals surface area (Å²) in [5.74, 6) is -0.242. The number of aliphatic hydroxyl groups excluding tert-OH is 2. The predicted octanol–water partition coefficient (Wildman–Crippen LogP) is 1.11. The summed E-state index contributed by atoms with van der Waals surface area (Å²) in [7, 11) is 0. The third kappa shape index (κ3) is 9.18. The van der Waals surface area contributed by atoms with Gasteiger partial charge in [-0.05, 0) is 12.5 Å². The summed E-state index contributed by atoms with van der Waals surface area (Å²) in [6.07, 6.45) is -0.560. The third-order valence-corrected chi connectivity index (χ3v) is 1.55. The first-order valence-corrected chi connectivity index (χ1v) is 5.02. The van der Waals surface area contributed by atoms with E-state index >= 15 is 0 Å². The van der Waals surface area contributed by atoms with Crippen LogP contribution in [0.4, 0.5) is 0 Å². The fraction of sp³-hybridized carbons (Fsp3) is 0.417. The van der Waals surface area contributed by atoms with E-state index in [-0.39, 0.29) is 12.6 Å². The third-order valence-electron chi connectivity index (χ3n) is 1.55. The van der Waals surface area contributed by atoms with Gasteiger partial charge in [0, 0.05) is 6.92 Å². The van der Waals surface area contributed by atoms with Gasteiger partial charge in [-0.25, -0.2) is 0 Å². The van der Waals surface area contributed by atoms with Crippen molar-refractivity contribution >= 4 is 5.97 Å². The Morgan fingerprint density at radius 3 is 2.25 bits per heavy atom. The molecule has 1 aromatic rings. The van der Waals surface area contributed by atoms with Gasteiger partial charge in [0.2, 0.25) is 0 Å². The molecule has 16 heavy (non-hydrogen) atoms. The number of hydrogen-bond donors (Lipinski definition) is 2. The van der Waals surface area contributed by atoms with Crippen molar-refractivity contribution in [1.29, 1.82) is 0 Å². The molecule has 0 fully saturated rings. The van der Waals surface area contributed by atoms with Gasteiger partial charge in [-0.1, -0.05) is 30.3 Å². The second kappa shape index (κ2) is 8.88. The Hall–Kier alpha value is -1.39. The second-order valence-corrected chi connectivity index (χ2v) is 3.30. The zero-order chi connectivity index (χ0) is 12.4. The Labute approximate surface area is 95.5 Å². The maximum Gasteiger partial charge on any atom is 0.302 e. The fourth-order valence-corrected chi connectivity index (χ4v) is 0.759. The van der Waals surface area contributed by atoms with Crippen LogP contribution >= 0.6 is 0 Å². The summed E-state index contributed by atoms with van der Waals surface area (Å²) in [5.41, 5.74) is 1.02. The lowest BCUT2D eigenvalue weighted by molar-refractivity contribution is -0.142. The van der Waals surface area contributed by atoms with Crippen LogP contribution in [0, 0.1) is 0 Å². The minimum absolute atomic E-state index is 0.139. The molecule has 1 rings (SSSR count). The molecule has 4 heteroatoms. The molecule has 90 valence electrons. The highest BCUT2D eigenvalue weighted by Gasteiger charge is 1.93. The Kier molecular flexibility index (Phi) is 8.11. The molecular weight excluding hydrogens is 208 g/mol. The van der Waals surface area contributed by atoms with Crippen molar-refractivity contribution in [1.82, 2.24) is 0 Å². The molecule has 4 nitrogen and oxygen atoms in total. The molecule has 1 unspecified atom stereocenters. The van der Waals surface area contributed by atoms with Crippen LogP contribution in [0.1, 0.15) is 19.4 Å². The van der Waals surface area contributed by atoms with E-state index in [1.807, 2.05) is 30.3 Å². The number of esters is 1. The van der Waals surface area contributed by atoms with Gasteiger partial charge in [-0.3, -0.25) is 4.79 Å². The van der Waals surface area contributed by atoms with Crippen molar-refractivity contribution in [3.8, 4) is 0 Å². The van der Waals surface area contributed by atoms with Gasteiger partial charge in [-0.2, -0.15) is 0 Å². The molecule has 1 atom stereocenters. The minimum Gasteiger partial charge on any atom is -0.461 e. The zero-order valence-electron chi connectivity index (χ0n) is 9.59. The summed E-state index contributed by atoms with van der Waals surface area (Å²) < 4.78 is 4.79. The molecule has 0 aromatic heterocycles. The van der Waals surface area contributed by atoms with Crippen LogP contribution in [0.5, 0.6) is 0 Å². The lowest BCUT2D eigenvalue weighted by Gasteiger charge is -1.99. The average molecular weight is 226 g/mol. The summed E-state index contributed by atoms with van der Waals surface area (Å²) in [5, 5.41) is 16.0. The number of carbonyl (C=O) groups is 1. The molecule has 0 aliphatic rings. The number of hydrogen-bond acceptors (Lipinski definition) is 4. The van der Waals surface area contributed by atoms with Crippen LogP contribution in [0.25, 0.3) is 0 Å². The van der Waals surface area contributed by atoms with Crippen molar-refractivity contribution in [3.05, 3.63) is 35.9 Å². The highest BCUT2D eigenvalue weighted by atomic mass is 16.5. The van der Waals surface area contributed by atoms with Gasteiger partial charge in [-0.15, -0.1) is 0 Å². The second-order valence-electron chi connectivity index (χ2n) is 3.30. The molecule has 0 bridgehead atoms. The molecule has 0 radical (unpaired) electrons. The molecule has 0 aliphatic carbocycles. The number of carbonyl (C=O) groups excluding carboxylic acids is 1. The fourth-order valence-electron chi connectivity index (χ4n) is 0.759. The molecular formula is C12H18O4. The monoisotopic (exact) mass is 226 g/mol. The largest absolute Gasteiger partial charge is 0.461 e. The van der Waals surface area contributed by atoms with Crippen LogP contribution in [0.2, 0.25) is 0 Å². The lowest BCUT2D eigenvalue weighted by Crippen LogP contribution is -2.03. The van der Waals surface area contributed by atoms with Gasteiger partial charge in [0.05, 0.1) is 12.7 Å². The van der Waals surface area contributed by atoms with Crippen LogP contribution in [-0.2, 0) is 16.1 Å². The van der Waals surface area contributed by atoms with Crippen molar-refractivity contribution < 1.29 is 19.7 Å². The van der Waals surface area contributed by atoms with E-state index in [2.05, 4.69) is 0 Å². The van der Waals surface area contributed by atoms with Crippen LogP contribution in [0.15, 0.2) is 30.3 Å². The Morgan fingerprint density at radius 2 is 1.88 bits per heavy atom. The molecule has 0 amide bonds. The molecule has 0 spiro atoms. The predicted molar refractivity (Wildman–Crippen MR) is 60.7 cm³/mol. The minimum atomic E-state index is -0.560. The quantitative estimate of drug-likeness (QED) is 0.758. The molecule has 0 saturated carbocycles. The first-order valence-electron chi connectivity index (χ1n) is 5.02. The van der Waals surface area contributed by atoms with Crippen molar-refractivity contribution in [2.75, 3.05) is 6.61 Å². The Balaban J connectivity index is 0.000000385. The number of rotatable bonds is 3. The van der Waals surface area contributed by atoms with Gasteiger partial charge >= 0.3 is 5.97 Å². The normalized spacial score (nSPS) is 11.0. The summed E-state index contributed by atoms with van der Waals surface area (Å²) >= 11 is 0. The smallest absolute Gasteiger partial charge is 0.302 e. The van der Waals surface area contributed by atoms with Crippen molar-refractivity contribution in [2.45, 2.75) is 26.6 Å². The maximum atomic E-state index is 10.4. The van der Waals surface area contributed by atoms with Crippen LogP contribution in [0.3, 0.4) is 0 Å². The van der Waals surface area contributed by atoms with Gasteiger partial charge in [0.25, 0.3) is 0 Å². The molecule has 0 heterocycles. The van der Waals surface area contributed by atoms with Crippen molar-refractivity contribution in [3.63, 3.8) is 0 Å². The molecule has 0 aliphatic heterocycles. The SMILES string of the molecule is CC(=O)OCc1ccccc1.CC(O)CO. The maximum absolute atomic E-state index is 10.4. The van der Waals surface area contributed by atoms with E-state index in [1.54, 1.807) is 0 Å². The van der Waals surface area contributed by atoms with E-state index in [1.165, 1.54) is 13.8 Å². The summed E-state index contributed by atoms with van der Waals surface area (Å²) in [4.78, 5) is 10.4. The highest BCUT2D eigenvalue weighted by Crippen LogP contribution is 1.99. The summed E-state index contributed by atoms with van der Waals surface area (Å²) in [6, 6.07) is 9.60. The van der Waals surface area contributed by atoms with E-state index in [9.17, 15) is 4.79 Å². The zero-order valence-corrected chi connectivity index (χ0v) is 9.59. The average Bonchev–Trinajstić information content (AvgIpc) is 2.28. The van der Waals surface area contributed by atoms with E-state index < -0.39 is 6.10 Å². The highest BCUT2D eigenvalue weighted by molar-refractivity contribution is 5.65. The van der Waals surface area contributed by atoms with E-state index in [4.69, 9.17) is 14.9 Å². The van der Waals surface area contributed by atoms with Gasteiger partial charge in [0.15, 0.2) is 0 Å². The van der Waals surface area contributed by atoms with Crippen LogP contribution < -0.4 is 0 Å².